The first kappa shape index (κ1) is 14.3. The fourth-order valence-corrected chi connectivity index (χ4v) is 2.91. The van der Waals surface area contributed by atoms with E-state index < -0.39 is 5.60 Å². The summed E-state index contributed by atoms with van der Waals surface area (Å²) in [5.74, 6) is 0. The van der Waals surface area contributed by atoms with E-state index in [-0.39, 0.29) is 0 Å². The van der Waals surface area contributed by atoms with Crippen molar-refractivity contribution in [3.63, 3.8) is 0 Å². The molecule has 2 unspecified atom stereocenters. The van der Waals surface area contributed by atoms with Crippen molar-refractivity contribution in [3.8, 4) is 0 Å². The van der Waals surface area contributed by atoms with Crippen LogP contribution in [0.2, 0.25) is 0 Å². The van der Waals surface area contributed by atoms with Gasteiger partial charge in [0.25, 0.3) is 0 Å². The zero-order valence-corrected chi connectivity index (χ0v) is 12.3. The number of nitrogens with one attached hydrogen (secondary N) is 1. The van der Waals surface area contributed by atoms with Crippen LogP contribution in [0.3, 0.4) is 0 Å². The zero-order valence-electron chi connectivity index (χ0n) is 11.5. The molecule has 1 heterocycles. The second kappa shape index (κ2) is 6.33. The molecule has 0 aliphatic rings. The fraction of sp³-hybridized carbons (Fsp3) is 0.375. The summed E-state index contributed by atoms with van der Waals surface area (Å²) < 4.78 is 0. The summed E-state index contributed by atoms with van der Waals surface area (Å²) >= 11 is 1.78. The molecule has 0 amide bonds. The molecule has 0 aliphatic heterocycles. The predicted molar refractivity (Wildman–Crippen MR) is 81.5 cm³/mol. The molecule has 0 radical (unpaired) electrons. The normalized spacial score (nSPS) is 15.9. The summed E-state index contributed by atoms with van der Waals surface area (Å²) in [5, 5.41) is 16.0. The van der Waals surface area contributed by atoms with Crippen molar-refractivity contribution in [1.29, 1.82) is 0 Å². The molecule has 2 nitrogen and oxygen atoms in total. The van der Waals surface area contributed by atoms with Gasteiger partial charge >= 0.3 is 0 Å². The first-order valence-electron chi connectivity index (χ1n) is 6.61. The van der Waals surface area contributed by atoms with Gasteiger partial charge in [-0.25, -0.2) is 0 Å². The molecule has 1 aromatic heterocycles. The Hall–Kier alpha value is -1.16. The summed E-state index contributed by atoms with van der Waals surface area (Å²) in [7, 11) is 0. The Morgan fingerprint density at radius 3 is 2.58 bits per heavy atom. The minimum atomic E-state index is -0.828. The summed E-state index contributed by atoms with van der Waals surface area (Å²) in [6.45, 7) is 4.57. The Morgan fingerprint density at radius 2 is 1.95 bits per heavy atom. The van der Waals surface area contributed by atoms with Gasteiger partial charge in [-0.05, 0) is 37.3 Å². The summed E-state index contributed by atoms with van der Waals surface area (Å²) in [5.41, 5.74) is 0.121. The summed E-state index contributed by atoms with van der Waals surface area (Å²) in [4.78, 5) is 1.37. The van der Waals surface area contributed by atoms with E-state index in [0.717, 1.165) is 12.0 Å². The van der Waals surface area contributed by atoms with Crippen LogP contribution in [0.1, 0.15) is 24.3 Å². The summed E-state index contributed by atoms with van der Waals surface area (Å²) in [6.07, 6.45) is 1.00. The Bertz CT molecular complexity index is 479. The number of benzene rings is 1. The molecular formula is C16H21NOS. The molecule has 1 aromatic carbocycles. The van der Waals surface area contributed by atoms with Gasteiger partial charge in [-0.2, -0.15) is 0 Å². The van der Waals surface area contributed by atoms with Crippen LogP contribution in [-0.4, -0.2) is 17.7 Å². The van der Waals surface area contributed by atoms with E-state index in [1.54, 1.807) is 11.3 Å². The number of rotatable bonds is 6. The van der Waals surface area contributed by atoms with Crippen LogP contribution >= 0.6 is 11.3 Å². The van der Waals surface area contributed by atoms with E-state index >= 15 is 0 Å². The first-order valence-corrected chi connectivity index (χ1v) is 7.49. The van der Waals surface area contributed by atoms with Crippen LogP contribution in [0.5, 0.6) is 0 Å². The molecule has 2 aromatic rings. The van der Waals surface area contributed by atoms with E-state index in [1.165, 1.54) is 4.88 Å². The highest BCUT2D eigenvalue weighted by atomic mass is 32.1. The van der Waals surface area contributed by atoms with Gasteiger partial charge < -0.3 is 10.4 Å². The number of thiophene rings is 1. The van der Waals surface area contributed by atoms with Crippen LogP contribution in [0.4, 0.5) is 0 Å². The molecule has 0 saturated carbocycles. The molecule has 2 N–H and O–H groups in total. The van der Waals surface area contributed by atoms with Gasteiger partial charge in [0, 0.05) is 17.5 Å². The molecule has 0 aliphatic carbocycles. The standard InChI is InChI=1S/C16H21NOS/c1-13(11-15-9-6-10-19-15)17-12-16(2,18)14-7-4-3-5-8-14/h3-10,13,17-18H,11-12H2,1-2H3. The van der Waals surface area contributed by atoms with Crippen molar-refractivity contribution in [2.75, 3.05) is 6.54 Å². The smallest absolute Gasteiger partial charge is 0.0992 e. The second-order valence-electron chi connectivity index (χ2n) is 5.21. The maximum atomic E-state index is 10.5. The van der Waals surface area contributed by atoms with Crippen LogP contribution in [-0.2, 0) is 12.0 Å². The maximum absolute atomic E-state index is 10.5. The Kier molecular flexibility index (Phi) is 4.75. The van der Waals surface area contributed by atoms with Gasteiger partial charge in [-0.15, -0.1) is 11.3 Å². The van der Waals surface area contributed by atoms with Crippen LogP contribution in [0, 0.1) is 0 Å². The summed E-state index contributed by atoms with van der Waals surface area (Å²) in [6, 6.07) is 14.4. The average molecular weight is 275 g/mol. The van der Waals surface area contributed by atoms with Crippen molar-refractivity contribution < 1.29 is 5.11 Å². The molecule has 0 fully saturated rings. The minimum absolute atomic E-state index is 0.355. The number of hydrogen-bond acceptors (Lipinski definition) is 3. The van der Waals surface area contributed by atoms with E-state index in [9.17, 15) is 5.11 Å². The molecule has 0 bridgehead atoms. The lowest BCUT2D eigenvalue weighted by Gasteiger charge is -2.26. The van der Waals surface area contributed by atoms with E-state index in [0.29, 0.717) is 12.6 Å². The van der Waals surface area contributed by atoms with Crippen molar-refractivity contribution in [1.82, 2.24) is 5.32 Å². The first-order chi connectivity index (χ1) is 9.08. The van der Waals surface area contributed by atoms with Gasteiger partial charge in [0.05, 0.1) is 5.60 Å². The molecular weight excluding hydrogens is 254 g/mol. The Morgan fingerprint density at radius 1 is 1.21 bits per heavy atom. The molecule has 0 saturated heterocycles. The van der Waals surface area contributed by atoms with Crippen LogP contribution < -0.4 is 5.32 Å². The van der Waals surface area contributed by atoms with Gasteiger partial charge in [0.2, 0.25) is 0 Å². The largest absolute Gasteiger partial charge is 0.384 e. The van der Waals surface area contributed by atoms with Crippen LogP contribution in [0.15, 0.2) is 47.8 Å². The zero-order chi connectivity index (χ0) is 13.7. The molecule has 19 heavy (non-hydrogen) atoms. The van der Waals surface area contributed by atoms with Gasteiger partial charge in [-0.3, -0.25) is 0 Å². The van der Waals surface area contributed by atoms with Crippen molar-refractivity contribution in [3.05, 3.63) is 58.3 Å². The second-order valence-corrected chi connectivity index (χ2v) is 6.24. The fourth-order valence-electron chi connectivity index (χ4n) is 2.07. The predicted octanol–water partition coefficient (Wildman–Crippen LogP) is 3.18. The maximum Gasteiger partial charge on any atom is 0.0992 e. The SMILES string of the molecule is CC(Cc1cccs1)NCC(C)(O)c1ccccc1. The monoisotopic (exact) mass is 275 g/mol. The third-order valence-corrected chi connectivity index (χ3v) is 4.18. The lowest BCUT2D eigenvalue weighted by Crippen LogP contribution is -2.40. The topological polar surface area (TPSA) is 32.3 Å². The lowest BCUT2D eigenvalue weighted by atomic mass is 9.95. The molecule has 0 spiro atoms. The molecule has 2 rings (SSSR count). The van der Waals surface area contributed by atoms with Crippen molar-refractivity contribution in [2.45, 2.75) is 31.9 Å². The number of hydrogen-bond donors (Lipinski definition) is 2. The quantitative estimate of drug-likeness (QED) is 0.848. The average Bonchev–Trinajstić information content (AvgIpc) is 2.90. The Labute approximate surface area is 119 Å². The van der Waals surface area contributed by atoms with Gasteiger partial charge in [0.15, 0.2) is 0 Å². The minimum Gasteiger partial charge on any atom is -0.384 e. The third kappa shape index (κ3) is 4.16. The van der Waals surface area contributed by atoms with Gasteiger partial charge in [0.1, 0.15) is 0 Å². The third-order valence-electron chi connectivity index (χ3n) is 3.28. The van der Waals surface area contributed by atoms with Gasteiger partial charge in [-0.1, -0.05) is 36.4 Å². The van der Waals surface area contributed by atoms with Crippen LogP contribution in [0.25, 0.3) is 0 Å². The lowest BCUT2D eigenvalue weighted by molar-refractivity contribution is 0.0544. The highest BCUT2D eigenvalue weighted by molar-refractivity contribution is 7.09. The highest BCUT2D eigenvalue weighted by Gasteiger charge is 2.23. The van der Waals surface area contributed by atoms with Crippen molar-refractivity contribution >= 4 is 11.3 Å². The molecule has 2 atom stereocenters. The number of aliphatic hydroxyl groups is 1. The Balaban J connectivity index is 1.87. The van der Waals surface area contributed by atoms with E-state index in [4.69, 9.17) is 0 Å². The molecule has 102 valence electrons. The van der Waals surface area contributed by atoms with E-state index in [2.05, 4.69) is 29.8 Å². The van der Waals surface area contributed by atoms with E-state index in [1.807, 2.05) is 37.3 Å². The molecule has 3 heteroatoms. The highest BCUT2D eigenvalue weighted by Crippen LogP contribution is 2.19. The van der Waals surface area contributed by atoms with Crippen molar-refractivity contribution in [2.24, 2.45) is 0 Å².